The van der Waals surface area contributed by atoms with E-state index in [1.807, 2.05) is 0 Å². The van der Waals surface area contributed by atoms with Crippen molar-refractivity contribution >= 4 is 11.8 Å². The molecule has 0 bridgehead atoms. The summed E-state index contributed by atoms with van der Waals surface area (Å²) in [6.45, 7) is 1.24. The fraction of sp³-hybridized carbons (Fsp3) is 0.667. The maximum Gasteiger partial charge on any atom is 0.315 e. The molecule has 0 aliphatic carbocycles. The zero-order chi connectivity index (χ0) is 7.98. The molecule has 0 fully saturated rings. The summed E-state index contributed by atoms with van der Waals surface area (Å²) in [5.41, 5.74) is 0. The summed E-state index contributed by atoms with van der Waals surface area (Å²) >= 11 is 0. The molecule has 0 rings (SSSR count). The summed E-state index contributed by atoms with van der Waals surface area (Å²) in [6, 6.07) is 0. The highest BCUT2D eigenvalue weighted by Crippen LogP contribution is 1.86. The first-order valence-corrected chi connectivity index (χ1v) is 2.81. The second-order valence-corrected chi connectivity index (χ2v) is 1.80. The molecule has 0 saturated heterocycles. The first-order chi connectivity index (χ1) is 4.66. The van der Waals surface area contributed by atoms with Crippen LogP contribution in [0.2, 0.25) is 0 Å². The predicted molar refractivity (Wildman–Crippen MR) is 33.3 cm³/mol. The normalized spacial score (nSPS) is 9.00. The van der Waals surface area contributed by atoms with Gasteiger partial charge in [-0.05, 0) is 6.92 Å². The van der Waals surface area contributed by atoms with Gasteiger partial charge in [0, 0.05) is 7.11 Å². The molecule has 0 unspecified atom stereocenters. The Labute approximate surface area is 59.1 Å². The average Bonchev–Trinajstić information content (AvgIpc) is 1.82. The van der Waals surface area contributed by atoms with Gasteiger partial charge in [0.05, 0.1) is 0 Å². The molecule has 0 N–H and O–H groups in total. The summed E-state index contributed by atoms with van der Waals surface area (Å²) in [5, 5.41) is 0. The number of ketones is 1. The number of Topliss-reactive ketones (excluding diaryl/α,β-unsaturated/α-hetero) is 1. The molecule has 0 radical (unpaired) electrons. The van der Waals surface area contributed by atoms with Gasteiger partial charge in [-0.3, -0.25) is 9.59 Å². The van der Waals surface area contributed by atoms with Gasteiger partial charge in [0.25, 0.3) is 0 Å². The Kier molecular flexibility index (Phi) is 4.49. The fourth-order valence-electron chi connectivity index (χ4n) is 0.379. The summed E-state index contributed by atoms with van der Waals surface area (Å²) in [4.78, 5) is 20.8. The van der Waals surface area contributed by atoms with Gasteiger partial charge in [-0.2, -0.15) is 0 Å². The third-order valence-corrected chi connectivity index (χ3v) is 0.731. The molecular formula is C6H10O4. The molecule has 0 aliphatic heterocycles. The van der Waals surface area contributed by atoms with Crippen LogP contribution < -0.4 is 0 Å². The lowest BCUT2D eigenvalue weighted by Gasteiger charge is -1.99. The topological polar surface area (TPSA) is 52.6 Å². The van der Waals surface area contributed by atoms with E-state index in [-0.39, 0.29) is 19.0 Å². The van der Waals surface area contributed by atoms with Crippen molar-refractivity contribution in [3.8, 4) is 0 Å². The minimum absolute atomic E-state index is 0.0912. The Balaban J connectivity index is 3.35. The average molecular weight is 146 g/mol. The van der Waals surface area contributed by atoms with Crippen LogP contribution in [-0.4, -0.2) is 25.7 Å². The Hall–Kier alpha value is -0.900. The van der Waals surface area contributed by atoms with E-state index in [0.717, 1.165) is 0 Å². The van der Waals surface area contributed by atoms with Gasteiger partial charge in [-0.1, -0.05) is 0 Å². The number of hydrogen-bond donors (Lipinski definition) is 0. The van der Waals surface area contributed by atoms with Crippen LogP contribution in [0.15, 0.2) is 0 Å². The largest absolute Gasteiger partial charge is 0.438 e. The number of carbonyl (C=O) groups excluding carboxylic acids is 2. The van der Waals surface area contributed by atoms with E-state index in [2.05, 4.69) is 9.47 Å². The molecule has 0 saturated carbocycles. The van der Waals surface area contributed by atoms with Crippen molar-refractivity contribution < 1.29 is 19.1 Å². The molecule has 0 aromatic heterocycles. The summed E-state index contributed by atoms with van der Waals surface area (Å²) in [7, 11) is 1.40. The quantitative estimate of drug-likeness (QED) is 0.321. The standard InChI is InChI=1S/C6H10O4/c1-5(7)3-6(8)10-4-9-2/h3-4H2,1-2H3. The molecule has 0 atom stereocenters. The fourth-order valence-corrected chi connectivity index (χ4v) is 0.379. The zero-order valence-corrected chi connectivity index (χ0v) is 6.05. The number of ether oxygens (including phenoxy) is 2. The molecule has 0 heterocycles. The highest BCUT2D eigenvalue weighted by atomic mass is 16.7. The van der Waals surface area contributed by atoms with Crippen LogP contribution in [0.5, 0.6) is 0 Å². The molecule has 0 amide bonds. The van der Waals surface area contributed by atoms with Crippen molar-refractivity contribution in [2.75, 3.05) is 13.9 Å². The number of methoxy groups -OCH3 is 1. The lowest BCUT2D eigenvalue weighted by Crippen LogP contribution is -2.10. The van der Waals surface area contributed by atoms with Gasteiger partial charge >= 0.3 is 5.97 Å². The molecule has 58 valence electrons. The van der Waals surface area contributed by atoms with E-state index >= 15 is 0 Å². The zero-order valence-electron chi connectivity index (χ0n) is 6.05. The number of rotatable bonds is 4. The first-order valence-electron chi connectivity index (χ1n) is 2.81. The van der Waals surface area contributed by atoms with Crippen molar-refractivity contribution in [3.05, 3.63) is 0 Å². The van der Waals surface area contributed by atoms with Gasteiger partial charge in [0.15, 0.2) is 6.79 Å². The third-order valence-electron chi connectivity index (χ3n) is 0.731. The summed E-state index contributed by atoms with van der Waals surface area (Å²) in [5.74, 6) is -0.754. The Morgan fingerprint density at radius 3 is 2.40 bits per heavy atom. The monoisotopic (exact) mass is 146 g/mol. The lowest BCUT2D eigenvalue weighted by molar-refractivity contribution is -0.155. The van der Waals surface area contributed by atoms with Crippen molar-refractivity contribution in [1.29, 1.82) is 0 Å². The first kappa shape index (κ1) is 9.10. The smallest absolute Gasteiger partial charge is 0.315 e. The maximum atomic E-state index is 10.5. The van der Waals surface area contributed by atoms with E-state index in [1.165, 1.54) is 14.0 Å². The molecule has 10 heavy (non-hydrogen) atoms. The minimum atomic E-state index is -0.547. The number of esters is 1. The van der Waals surface area contributed by atoms with Crippen LogP contribution in [0.25, 0.3) is 0 Å². The highest BCUT2D eigenvalue weighted by Gasteiger charge is 2.04. The molecular weight excluding hydrogens is 136 g/mol. The predicted octanol–water partition coefficient (Wildman–Crippen LogP) is 0.113. The summed E-state index contributed by atoms with van der Waals surface area (Å²) < 4.78 is 8.86. The van der Waals surface area contributed by atoms with E-state index in [0.29, 0.717) is 0 Å². The van der Waals surface area contributed by atoms with E-state index in [4.69, 9.17) is 0 Å². The minimum Gasteiger partial charge on any atom is -0.438 e. The molecule has 4 nitrogen and oxygen atoms in total. The molecule has 0 aliphatic rings. The van der Waals surface area contributed by atoms with Crippen molar-refractivity contribution in [2.24, 2.45) is 0 Å². The highest BCUT2D eigenvalue weighted by molar-refractivity contribution is 5.94. The molecule has 0 aromatic rings. The Bertz CT molecular complexity index is 130. The Morgan fingerprint density at radius 1 is 1.40 bits per heavy atom. The van der Waals surface area contributed by atoms with Crippen LogP contribution in [0.3, 0.4) is 0 Å². The van der Waals surface area contributed by atoms with Gasteiger partial charge in [0.1, 0.15) is 12.2 Å². The van der Waals surface area contributed by atoms with E-state index < -0.39 is 5.97 Å². The van der Waals surface area contributed by atoms with E-state index in [9.17, 15) is 9.59 Å². The van der Waals surface area contributed by atoms with Crippen molar-refractivity contribution in [3.63, 3.8) is 0 Å². The lowest BCUT2D eigenvalue weighted by atomic mass is 10.3. The Morgan fingerprint density at radius 2 is 2.00 bits per heavy atom. The number of carbonyl (C=O) groups is 2. The van der Waals surface area contributed by atoms with Gasteiger partial charge < -0.3 is 9.47 Å². The summed E-state index contributed by atoms with van der Waals surface area (Å²) in [6.07, 6.45) is -0.177. The second kappa shape index (κ2) is 4.93. The van der Waals surface area contributed by atoms with E-state index in [1.54, 1.807) is 0 Å². The molecule has 0 aromatic carbocycles. The maximum absolute atomic E-state index is 10.5. The van der Waals surface area contributed by atoms with Crippen LogP contribution in [0.4, 0.5) is 0 Å². The van der Waals surface area contributed by atoms with Crippen molar-refractivity contribution in [1.82, 2.24) is 0 Å². The van der Waals surface area contributed by atoms with Gasteiger partial charge in [0.2, 0.25) is 0 Å². The number of hydrogen-bond acceptors (Lipinski definition) is 4. The van der Waals surface area contributed by atoms with Gasteiger partial charge in [-0.15, -0.1) is 0 Å². The van der Waals surface area contributed by atoms with Crippen LogP contribution in [0.1, 0.15) is 13.3 Å². The van der Waals surface area contributed by atoms with Gasteiger partial charge in [-0.25, -0.2) is 0 Å². The third kappa shape index (κ3) is 5.24. The molecule has 0 spiro atoms. The van der Waals surface area contributed by atoms with Crippen LogP contribution >= 0.6 is 0 Å². The SMILES string of the molecule is COCOC(=O)CC(C)=O. The van der Waals surface area contributed by atoms with Crippen LogP contribution in [0, 0.1) is 0 Å². The van der Waals surface area contributed by atoms with Crippen LogP contribution in [-0.2, 0) is 19.1 Å². The second-order valence-electron chi connectivity index (χ2n) is 1.80. The van der Waals surface area contributed by atoms with Crippen molar-refractivity contribution in [2.45, 2.75) is 13.3 Å². The molecule has 4 heteroatoms.